The summed E-state index contributed by atoms with van der Waals surface area (Å²) in [6, 6.07) is 8.07. The molecular formula is C14H12N4. The summed E-state index contributed by atoms with van der Waals surface area (Å²) in [6.45, 7) is 0. The Morgan fingerprint density at radius 2 is 2.11 bits per heavy atom. The number of nitrogens with zero attached hydrogens (tertiary/aromatic N) is 4. The molecule has 0 aliphatic heterocycles. The van der Waals surface area contributed by atoms with Crippen molar-refractivity contribution in [3.05, 3.63) is 48.5 Å². The second-order valence-electron chi connectivity index (χ2n) is 4.70. The third-order valence-corrected chi connectivity index (χ3v) is 3.31. The van der Waals surface area contributed by atoms with Gasteiger partial charge in [-0.25, -0.2) is 9.50 Å². The standard InChI is InChI=1S/C14H12N4/c1-6-15-14-8-13(17-18(14)7-1)11-4-5-12(16-9-11)10-2-3-10/h1,4-10H,2-3H2. The van der Waals surface area contributed by atoms with E-state index >= 15 is 0 Å². The van der Waals surface area contributed by atoms with Crippen LogP contribution in [0.5, 0.6) is 0 Å². The lowest BCUT2D eigenvalue weighted by Gasteiger charge is -1.98. The van der Waals surface area contributed by atoms with Gasteiger partial charge in [0.2, 0.25) is 0 Å². The first-order chi connectivity index (χ1) is 8.90. The summed E-state index contributed by atoms with van der Waals surface area (Å²) in [6.07, 6.45) is 8.15. The minimum absolute atomic E-state index is 0.696. The highest BCUT2D eigenvalue weighted by Crippen LogP contribution is 2.39. The zero-order valence-corrected chi connectivity index (χ0v) is 9.82. The molecule has 1 fully saturated rings. The van der Waals surface area contributed by atoms with Crippen molar-refractivity contribution in [2.75, 3.05) is 0 Å². The molecule has 0 radical (unpaired) electrons. The Balaban J connectivity index is 1.76. The summed E-state index contributed by atoms with van der Waals surface area (Å²) < 4.78 is 1.78. The molecule has 4 heteroatoms. The van der Waals surface area contributed by atoms with Crippen LogP contribution >= 0.6 is 0 Å². The number of rotatable bonds is 2. The molecule has 0 unspecified atom stereocenters. The third kappa shape index (κ3) is 1.57. The molecule has 0 amide bonds. The normalized spacial score (nSPS) is 15.1. The lowest BCUT2D eigenvalue weighted by Crippen LogP contribution is -1.89. The maximum Gasteiger partial charge on any atom is 0.155 e. The fourth-order valence-electron chi connectivity index (χ4n) is 2.15. The molecule has 3 aromatic heterocycles. The molecule has 3 aromatic rings. The van der Waals surface area contributed by atoms with Gasteiger partial charge in [-0.05, 0) is 31.0 Å². The lowest BCUT2D eigenvalue weighted by atomic mass is 10.2. The predicted octanol–water partition coefficient (Wildman–Crippen LogP) is 2.67. The van der Waals surface area contributed by atoms with Crippen LogP contribution in [0.15, 0.2) is 42.9 Å². The number of aromatic nitrogens is 4. The molecule has 0 bridgehead atoms. The molecule has 3 heterocycles. The van der Waals surface area contributed by atoms with Crippen molar-refractivity contribution in [2.45, 2.75) is 18.8 Å². The van der Waals surface area contributed by atoms with Gasteiger partial charge in [0.05, 0.1) is 5.69 Å². The quantitative estimate of drug-likeness (QED) is 0.687. The number of pyridine rings is 1. The largest absolute Gasteiger partial charge is 0.260 e. The van der Waals surface area contributed by atoms with E-state index in [0.29, 0.717) is 5.92 Å². The fraction of sp³-hybridized carbons (Fsp3) is 0.214. The van der Waals surface area contributed by atoms with Crippen molar-refractivity contribution in [1.29, 1.82) is 0 Å². The first-order valence-corrected chi connectivity index (χ1v) is 6.17. The number of hydrogen-bond acceptors (Lipinski definition) is 3. The highest BCUT2D eigenvalue weighted by molar-refractivity contribution is 5.63. The average molecular weight is 236 g/mol. The molecule has 1 aliphatic carbocycles. The molecule has 18 heavy (non-hydrogen) atoms. The maximum atomic E-state index is 4.52. The van der Waals surface area contributed by atoms with Crippen LogP contribution < -0.4 is 0 Å². The summed E-state index contributed by atoms with van der Waals surface area (Å²) in [4.78, 5) is 8.78. The van der Waals surface area contributed by atoms with Gasteiger partial charge in [-0.15, -0.1) is 0 Å². The van der Waals surface area contributed by atoms with Crippen molar-refractivity contribution in [1.82, 2.24) is 19.6 Å². The second kappa shape index (κ2) is 3.63. The highest BCUT2D eigenvalue weighted by Gasteiger charge is 2.24. The van der Waals surface area contributed by atoms with Gasteiger partial charge < -0.3 is 0 Å². The smallest absolute Gasteiger partial charge is 0.155 e. The van der Waals surface area contributed by atoms with E-state index in [1.54, 1.807) is 10.7 Å². The van der Waals surface area contributed by atoms with E-state index in [1.807, 2.05) is 24.5 Å². The van der Waals surface area contributed by atoms with Crippen molar-refractivity contribution >= 4 is 5.65 Å². The Bertz CT molecular complexity index is 662. The molecule has 0 atom stereocenters. The van der Waals surface area contributed by atoms with Gasteiger partial charge in [0.1, 0.15) is 0 Å². The molecule has 1 saturated carbocycles. The van der Waals surface area contributed by atoms with Crippen molar-refractivity contribution in [3.8, 4) is 11.3 Å². The first-order valence-electron chi connectivity index (χ1n) is 6.17. The summed E-state index contributed by atoms with van der Waals surface area (Å²) in [5, 5.41) is 4.49. The molecular weight excluding hydrogens is 224 g/mol. The first kappa shape index (κ1) is 9.76. The van der Waals surface area contributed by atoms with Crippen LogP contribution in [0.2, 0.25) is 0 Å². The number of hydrogen-bond donors (Lipinski definition) is 0. The van der Waals surface area contributed by atoms with E-state index in [9.17, 15) is 0 Å². The summed E-state index contributed by atoms with van der Waals surface area (Å²) >= 11 is 0. The van der Waals surface area contributed by atoms with Crippen LogP contribution in [0.1, 0.15) is 24.5 Å². The van der Waals surface area contributed by atoms with E-state index in [1.165, 1.54) is 18.5 Å². The third-order valence-electron chi connectivity index (χ3n) is 3.31. The molecule has 0 N–H and O–H groups in total. The Hall–Kier alpha value is -2.23. The summed E-state index contributed by atoms with van der Waals surface area (Å²) in [7, 11) is 0. The zero-order valence-electron chi connectivity index (χ0n) is 9.82. The van der Waals surface area contributed by atoms with Crippen molar-refractivity contribution < 1.29 is 0 Å². The maximum absolute atomic E-state index is 4.52. The summed E-state index contributed by atoms with van der Waals surface area (Å²) in [5.41, 5.74) is 4.04. The van der Waals surface area contributed by atoms with Gasteiger partial charge >= 0.3 is 0 Å². The van der Waals surface area contributed by atoms with Gasteiger partial charge in [-0.2, -0.15) is 5.10 Å². The van der Waals surface area contributed by atoms with Crippen LogP contribution in [0.3, 0.4) is 0 Å². The fourth-order valence-corrected chi connectivity index (χ4v) is 2.15. The van der Waals surface area contributed by atoms with Gasteiger partial charge in [-0.3, -0.25) is 4.98 Å². The minimum Gasteiger partial charge on any atom is -0.260 e. The molecule has 0 spiro atoms. The van der Waals surface area contributed by atoms with Gasteiger partial charge in [-0.1, -0.05) is 0 Å². The van der Waals surface area contributed by atoms with E-state index in [4.69, 9.17) is 0 Å². The topological polar surface area (TPSA) is 43.1 Å². The van der Waals surface area contributed by atoms with E-state index < -0.39 is 0 Å². The van der Waals surface area contributed by atoms with Gasteiger partial charge in [0.15, 0.2) is 5.65 Å². The van der Waals surface area contributed by atoms with Crippen LogP contribution in [0.25, 0.3) is 16.9 Å². The van der Waals surface area contributed by atoms with Gasteiger partial charge in [0, 0.05) is 41.8 Å². The number of fused-ring (bicyclic) bond motifs is 1. The van der Waals surface area contributed by atoms with Crippen LogP contribution in [0, 0.1) is 0 Å². The Kier molecular flexibility index (Phi) is 1.97. The zero-order chi connectivity index (χ0) is 11.9. The Labute approximate surface area is 104 Å². The molecule has 4 nitrogen and oxygen atoms in total. The molecule has 4 rings (SSSR count). The van der Waals surface area contributed by atoms with E-state index in [2.05, 4.69) is 27.2 Å². The minimum atomic E-state index is 0.696. The van der Waals surface area contributed by atoms with Gasteiger partial charge in [0.25, 0.3) is 0 Å². The molecule has 88 valence electrons. The Morgan fingerprint density at radius 3 is 2.83 bits per heavy atom. The second-order valence-corrected chi connectivity index (χ2v) is 4.70. The molecule has 0 saturated heterocycles. The van der Waals surface area contributed by atoms with E-state index in [-0.39, 0.29) is 0 Å². The average Bonchev–Trinajstić information content (AvgIpc) is 3.18. The summed E-state index contributed by atoms with van der Waals surface area (Å²) in [5.74, 6) is 0.696. The Morgan fingerprint density at radius 1 is 1.17 bits per heavy atom. The van der Waals surface area contributed by atoms with Crippen molar-refractivity contribution in [2.24, 2.45) is 0 Å². The lowest BCUT2D eigenvalue weighted by molar-refractivity contribution is 0.941. The van der Waals surface area contributed by atoms with Crippen molar-refractivity contribution in [3.63, 3.8) is 0 Å². The molecule has 0 aromatic carbocycles. The van der Waals surface area contributed by atoms with E-state index in [0.717, 1.165) is 16.9 Å². The van der Waals surface area contributed by atoms with Crippen LogP contribution in [0.4, 0.5) is 0 Å². The highest BCUT2D eigenvalue weighted by atomic mass is 15.2. The van der Waals surface area contributed by atoms with Crippen LogP contribution in [-0.2, 0) is 0 Å². The predicted molar refractivity (Wildman–Crippen MR) is 68.2 cm³/mol. The molecule has 1 aliphatic rings. The monoisotopic (exact) mass is 236 g/mol. The van der Waals surface area contributed by atoms with Crippen LogP contribution in [-0.4, -0.2) is 19.6 Å². The SMILES string of the molecule is c1cnc2cc(-c3ccc(C4CC4)nc3)nn2c1.